The van der Waals surface area contributed by atoms with Crippen LogP contribution in [0.2, 0.25) is 0 Å². The van der Waals surface area contributed by atoms with E-state index >= 15 is 4.39 Å². The summed E-state index contributed by atoms with van der Waals surface area (Å²) < 4.78 is 44.3. The largest absolute Gasteiger partial charge is 0.495 e. The molecule has 0 radical (unpaired) electrons. The van der Waals surface area contributed by atoms with Crippen LogP contribution in [0, 0.1) is 5.82 Å². The second-order valence-electron chi connectivity index (χ2n) is 10.3. The van der Waals surface area contributed by atoms with Crippen molar-refractivity contribution in [2.24, 2.45) is 0 Å². The molecule has 2 atom stereocenters. The minimum atomic E-state index is -0.543. The third-order valence-corrected chi connectivity index (χ3v) is 7.61. The average molecular weight is 468 g/mol. The molecule has 0 spiro atoms. The van der Waals surface area contributed by atoms with E-state index in [1.54, 1.807) is 6.07 Å². The average Bonchev–Trinajstić information content (AvgIpc) is 3.43. The van der Waals surface area contributed by atoms with Crippen molar-refractivity contribution < 1.29 is 32.7 Å². The van der Waals surface area contributed by atoms with Crippen LogP contribution in [-0.2, 0) is 25.3 Å². The highest BCUT2D eigenvalue weighted by atomic mass is 19.1. The van der Waals surface area contributed by atoms with E-state index in [-0.39, 0.29) is 24.1 Å². The minimum absolute atomic E-state index is 0.0383. The minimum Gasteiger partial charge on any atom is -0.492 e. The first-order valence-electron chi connectivity index (χ1n) is 11.8. The van der Waals surface area contributed by atoms with Crippen molar-refractivity contribution in [3.8, 4) is 11.5 Å². The molecule has 180 valence electrons. The van der Waals surface area contributed by atoms with Crippen LogP contribution in [0.1, 0.15) is 69.2 Å². The molecule has 6 nitrogen and oxygen atoms in total. The highest BCUT2D eigenvalue weighted by Crippen LogP contribution is 2.42. The molecule has 1 saturated heterocycles. The summed E-state index contributed by atoms with van der Waals surface area (Å²) in [6.07, 6.45) is 1.20. The number of fused-ring (bicyclic) bond motifs is 2. The maximum Gasteiger partial charge on any atom is 0.495 e. The van der Waals surface area contributed by atoms with Crippen molar-refractivity contribution in [1.82, 2.24) is 0 Å². The number of ether oxygens (including phenoxy) is 3. The van der Waals surface area contributed by atoms with Crippen molar-refractivity contribution >= 4 is 18.6 Å². The van der Waals surface area contributed by atoms with E-state index in [0.29, 0.717) is 36.5 Å². The second-order valence-corrected chi connectivity index (χ2v) is 10.3. The maximum atomic E-state index is 15.0. The van der Waals surface area contributed by atoms with Gasteiger partial charge in [-0.2, -0.15) is 0 Å². The van der Waals surface area contributed by atoms with Crippen LogP contribution >= 0.6 is 0 Å². The summed E-state index contributed by atoms with van der Waals surface area (Å²) in [5.41, 5.74) is 2.35. The van der Waals surface area contributed by atoms with Gasteiger partial charge in [-0.3, -0.25) is 4.79 Å². The molecule has 2 aliphatic heterocycles. The van der Waals surface area contributed by atoms with E-state index in [4.69, 9.17) is 23.5 Å². The summed E-state index contributed by atoms with van der Waals surface area (Å²) in [4.78, 5) is 11.7. The molecule has 0 N–H and O–H groups in total. The molecule has 2 aromatic carbocycles. The van der Waals surface area contributed by atoms with E-state index < -0.39 is 24.4 Å². The molecule has 1 fully saturated rings. The number of methoxy groups -OCH3 is 1. The Labute approximate surface area is 199 Å². The summed E-state index contributed by atoms with van der Waals surface area (Å²) in [7, 11) is 0.838. The zero-order valence-corrected chi connectivity index (χ0v) is 20.3. The number of rotatable bonds is 5. The van der Waals surface area contributed by atoms with Gasteiger partial charge in [0.25, 0.3) is 0 Å². The van der Waals surface area contributed by atoms with E-state index in [9.17, 15) is 4.79 Å². The predicted octanol–water partition coefficient (Wildman–Crippen LogP) is 4.23. The molecule has 0 aromatic heterocycles. The molecule has 2 heterocycles. The molecule has 1 unspecified atom stereocenters. The van der Waals surface area contributed by atoms with Crippen LogP contribution in [0.4, 0.5) is 4.39 Å². The lowest BCUT2D eigenvalue weighted by Gasteiger charge is -2.32. The molecule has 0 amide bonds. The van der Waals surface area contributed by atoms with Crippen LogP contribution in [0.3, 0.4) is 0 Å². The van der Waals surface area contributed by atoms with Crippen LogP contribution < -0.4 is 14.9 Å². The van der Waals surface area contributed by atoms with E-state index in [0.717, 1.165) is 16.6 Å². The molecule has 34 heavy (non-hydrogen) atoms. The van der Waals surface area contributed by atoms with Gasteiger partial charge < -0.3 is 23.5 Å². The van der Waals surface area contributed by atoms with E-state index in [1.165, 1.54) is 13.2 Å². The lowest BCUT2D eigenvalue weighted by Crippen LogP contribution is -2.41. The smallest absolute Gasteiger partial charge is 0.492 e. The van der Waals surface area contributed by atoms with E-state index in [2.05, 4.69) is 0 Å². The van der Waals surface area contributed by atoms with Crippen molar-refractivity contribution in [1.29, 1.82) is 0 Å². The molecule has 1 aliphatic carbocycles. The fourth-order valence-electron chi connectivity index (χ4n) is 4.96. The van der Waals surface area contributed by atoms with Gasteiger partial charge in [-0.1, -0.05) is 12.1 Å². The van der Waals surface area contributed by atoms with Crippen molar-refractivity contribution in [2.75, 3.05) is 13.7 Å². The Kier molecular flexibility index (Phi) is 5.64. The second kappa shape index (κ2) is 8.27. The third-order valence-electron chi connectivity index (χ3n) is 7.61. The summed E-state index contributed by atoms with van der Waals surface area (Å²) in [5, 5.41) is 0. The topological polar surface area (TPSA) is 63.2 Å². The first-order chi connectivity index (χ1) is 16.1. The number of hydrogen-bond acceptors (Lipinski definition) is 6. The number of carbonyl (C=O) groups is 1. The molecular weight excluding hydrogens is 438 g/mol. The predicted molar refractivity (Wildman–Crippen MR) is 125 cm³/mol. The molecule has 2 aromatic rings. The zero-order valence-electron chi connectivity index (χ0n) is 20.3. The SMILES string of the molecule is COC(=O)C[C@H]1COc2cc(OC3CCc4c(B5OC(C)(C)C(C)(C)O5)ccc(F)c43)ccc21. The highest BCUT2D eigenvalue weighted by molar-refractivity contribution is 6.62. The summed E-state index contributed by atoms with van der Waals surface area (Å²) >= 11 is 0. The Morgan fingerprint density at radius 2 is 1.88 bits per heavy atom. The highest BCUT2D eigenvalue weighted by Gasteiger charge is 2.52. The molecule has 3 aliphatic rings. The number of benzene rings is 2. The first kappa shape index (κ1) is 23.2. The quantitative estimate of drug-likeness (QED) is 0.484. The Hall–Kier alpha value is -2.58. The van der Waals surface area contributed by atoms with E-state index in [1.807, 2.05) is 45.9 Å². The Balaban J connectivity index is 1.37. The van der Waals surface area contributed by atoms with Gasteiger partial charge >= 0.3 is 13.1 Å². The maximum absolute atomic E-state index is 15.0. The van der Waals surface area contributed by atoms with Crippen LogP contribution in [-0.4, -0.2) is 38.0 Å². The zero-order chi connectivity index (χ0) is 24.3. The van der Waals surface area contributed by atoms with Gasteiger partial charge in [-0.15, -0.1) is 0 Å². The van der Waals surface area contributed by atoms with Gasteiger partial charge in [0.1, 0.15) is 23.4 Å². The fourth-order valence-corrected chi connectivity index (χ4v) is 4.96. The van der Waals surface area contributed by atoms with Crippen molar-refractivity contribution in [3.05, 3.63) is 52.8 Å². The van der Waals surface area contributed by atoms with Gasteiger partial charge in [0.15, 0.2) is 0 Å². The molecule has 5 rings (SSSR count). The van der Waals surface area contributed by atoms with Crippen LogP contribution in [0.15, 0.2) is 30.3 Å². The van der Waals surface area contributed by atoms with Crippen LogP contribution in [0.25, 0.3) is 0 Å². The summed E-state index contributed by atoms with van der Waals surface area (Å²) in [5.74, 6) is 0.710. The Morgan fingerprint density at radius 1 is 1.15 bits per heavy atom. The van der Waals surface area contributed by atoms with Gasteiger partial charge in [0.05, 0.1) is 31.3 Å². The third kappa shape index (κ3) is 3.87. The number of hydrogen-bond donors (Lipinski definition) is 0. The van der Waals surface area contributed by atoms with Gasteiger partial charge in [-0.05, 0) is 63.7 Å². The van der Waals surface area contributed by atoms with Gasteiger partial charge in [-0.25, -0.2) is 4.39 Å². The lowest BCUT2D eigenvalue weighted by atomic mass is 9.75. The fraction of sp³-hybridized carbons (Fsp3) is 0.500. The number of halogens is 1. The van der Waals surface area contributed by atoms with Crippen LogP contribution in [0.5, 0.6) is 11.5 Å². The standard InChI is InChI=1S/C26H30BFO6/c1-25(2)26(3,4)34-27(33-25)19-9-10-20(28)24-18(19)8-11-21(24)32-16-6-7-17-15(12-23(29)30-5)14-31-22(17)13-16/h6-7,9-10,13,15,21H,8,11-12,14H2,1-5H3/t15-,21?/m0/s1. The Bertz CT molecular complexity index is 1110. The first-order valence-corrected chi connectivity index (χ1v) is 11.8. The molecule has 0 bridgehead atoms. The molecular formula is C26H30BFO6. The summed E-state index contributed by atoms with van der Waals surface area (Å²) in [6.45, 7) is 8.46. The van der Waals surface area contributed by atoms with Crippen molar-refractivity contribution in [2.45, 2.75) is 70.2 Å². The Morgan fingerprint density at radius 3 is 2.59 bits per heavy atom. The molecule has 8 heteroatoms. The lowest BCUT2D eigenvalue weighted by molar-refractivity contribution is -0.141. The number of esters is 1. The van der Waals surface area contributed by atoms with Crippen molar-refractivity contribution in [3.63, 3.8) is 0 Å². The molecule has 0 saturated carbocycles. The van der Waals surface area contributed by atoms with Gasteiger partial charge in [0, 0.05) is 23.1 Å². The normalized spacial score (nSPS) is 23.9. The monoisotopic (exact) mass is 468 g/mol. The number of carbonyl (C=O) groups excluding carboxylic acids is 1. The summed E-state index contributed by atoms with van der Waals surface area (Å²) in [6, 6.07) is 8.83. The van der Waals surface area contributed by atoms with Gasteiger partial charge in [0.2, 0.25) is 0 Å².